The molecule has 0 bridgehead atoms. The normalized spacial score (nSPS) is 17.9. The molecule has 1 fully saturated rings. The van der Waals surface area contributed by atoms with Crippen LogP contribution in [0.15, 0.2) is 60.7 Å². The molecule has 0 radical (unpaired) electrons. The standard InChI is InChI=1S/C23H25N3O5/c1-3-25(14-17-10-6-4-7-11-17)19(27)16-31-20(28)15-26-21(29)23(2,24-22(26)30)18-12-8-5-9-13-18/h4-13H,3,14-16H2,1-2H3,(H,24,30)/t23-/m0/s1. The van der Waals surface area contributed by atoms with Gasteiger partial charge in [0.1, 0.15) is 12.1 Å². The topological polar surface area (TPSA) is 96.0 Å². The Morgan fingerprint density at radius 3 is 2.26 bits per heavy atom. The summed E-state index contributed by atoms with van der Waals surface area (Å²) in [6, 6.07) is 17.6. The Morgan fingerprint density at radius 2 is 1.65 bits per heavy atom. The highest BCUT2D eigenvalue weighted by Gasteiger charge is 2.49. The van der Waals surface area contributed by atoms with Crippen molar-refractivity contribution < 1.29 is 23.9 Å². The van der Waals surface area contributed by atoms with E-state index in [0.717, 1.165) is 10.5 Å². The largest absolute Gasteiger partial charge is 0.454 e. The summed E-state index contributed by atoms with van der Waals surface area (Å²) in [6.45, 7) is 3.24. The van der Waals surface area contributed by atoms with Crippen molar-refractivity contribution in [3.05, 3.63) is 71.8 Å². The van der Waals surface area contributed by atoms with E-state index in [9.17, 15) is 19.2 Å². The van der Waals surface area contributed by atoms with Gasteiger partial charge in [0.2, 0.25) is 0 Å². The molecule has 0 aliphatic carbocycles. The van der Waals surface area contributed by atoms with Gasteiger partial charge < -0.3 is 15.0 Å². The summed E-state index contributed by atoms with van der Waals surface area (Å²) in [7, 11) is 0. The molecule has 3 rings (SSSR count). The molecule has 1 heterocycles. The van der Waals surface area contributed by atoms with Gasteiger partial charge in [-0.2, -0.15) is 0 Å². The van der Waals surface area contributed by atoms with Crippen molar-refractivity contribution in [1.82, 2.24) is 15.1 Å². The predicted octanol–water partition coefficient (Wildman–Crippen LogP) is 2.05. The first-order valence-corrected chi connectivity index (χ1v) is 10.0. The molecule has 0 unspecified atom stereocenters. The zero-order valence-corrected chi connectivity index (χ0v) is 17.5. The molecule has 0 spiro atoms. The number of carbonyl (C=O) groups is 4. The Bertz CT molecular complexity index is 964. The van der Waals surface area contributed by atoms with Gasteiger partial charge in [-0.15, -0.1) is 0 Å². The van der Waals surface area contributed by atoms with E-state index in [4.69, 9.17) is 4.74 Å². The first-order valence-electron chi connectivity index (χ1n) is 10.0. The second-order valence-electron chi connectivity index (χ2n) is 7.37. The number of rotatable bonds is 8. The lowest BCUT2D eigenvalue weighted by molar-refractivity contribution is -0.154. The van der Waals surface area contributed by atoms with E-state index >= 15 is 0 Å². The second kappa shape index (κ2) is 9.42. The van der Waals surface area contributed by atoms with Gasteiger partial charge in [-0.1, -0.05) is 60.7 Å². The maximum atomic E-state index is 12.8. The zero-order valence-electron chi connectivity index (χ0n) is 17.5. The molecule has 1 N–H and O–H groups in total. The molecule has 2 aromatic carbocycles. The monoisotopic (exact) mass is 423 g/mol. The smallest absolute Gasteiger partial charge is 0.326 e. The first kappa shape index (κ1) is 22.0. The average molecular weight is 423 g/mol. The molecule has 8 heteroatoms. The molecular formula is C23H25N3O5. The number of esters is 1. The van der Waals surface area contributed by atoms with E-state index in [0.29, 0.717) is 18.7 Å². The van der Waals surface area contributed by atoms with Crippen LogP contribution in [0.2, 0.25) is 0 Å². The fourth-order valence-corrected chi connectivity index (χ4v) is 3.40. The summed E-state index contributed by atoms with van der Waals surface area (Å²) >= 11 is 0. The number of hydrogen-bond acceptors (Lipinski definition) is 5. The van der Waals surface area contributed by atoms with E-state index in [-0.39, 0.29) is 5.91 Å². The van der Waals surface area contributed by atoms with Gasteiger partial charge in [0.05, 0.1) is 0 Å². The van der Waals surface area contributed by atoms with E-state index < -0.39 is 36.6 Å². The van der Waals surface area contributed by atoms with Crippen molar-refractivity contribution in [2.24, 2.45) is 0 Å². The van der Waals surface area contributed by atoms with E-state index in [1.165, 1.54) is 0 Å². The number of imide groups is 1. The molecule has 31 heavy (non-hydrogen) atoms. The quantitative estimate of drug-likeness (QED) is 0.518. The maximum Gasteiger partial charge on any atom is 0.326 e. The van der Waals surface area contributed by atoms with Crippen molar-refractivity contribution >= 4 is 23.8 Å². The molecular weight excluding hydrogens is 398 g/mol. The third-order valence-corrected chi connectivity index (χ3v) is 5.22. The van der Waals surface area contributed by atoms with Gasteiger partial charge in [-0.05, 0) is 25.0 Å². The van der Waals surface area contributed by atoms with Gasteiger partial charge in [0.25, 0.3) is 11.8 Å². The number of nitrogens with one attached hydrogen (secondary N) is 1. The SMILES string of the molecule is CCN(Cc1ccccc1)C(=O)COC(=O)CN1C(=O)N[C@@](C)(c2ccccc2)C1=O. The third kappa shape index (κ3) is 4.91. The predicted molar refractivity (Wildman–Crippen MR) is 113 cm³/mol. The Morgan fingerprint density at radius 1 is 1.03 bits per heavy atom. The molecule has 1 aliphatic rings. The van der Waals surface area contributed by atoms with Crippen LogP contribution in [0, 0.1) is 0 Å². The molecule has 0 saturated carbocycles. The molecule has 162 valence electrons. The average Bonchev–Trinajstić information content (AvgIpc) is 3.01. The minimum Gasteiger partial charge on any atom is -0.454 e. The zero-order chi connectivity index (χ0) is 22.4. The van der Waals surface area contributed by atoms with Gasteiger partial charge in [0, 0.05) is 13.1 Å². The van der Waals surface area contributed by atoms with Crippen molar-refractivity contribution in [3.63, 3.8) is 0 Å². The molecule has 4 amide bonds. The lowest BCUT2D eigenvalue weighted by Gasteiger charge is -2.22. The minimum atomic E-state index is -1.26. The molecule has 8 nitrogen and oxygen atoms in total. The highest BCUT2D eigenvalue weighted by atomic mass is 16.5. The molecule has 1 saturated heterocycles. The number of ether oxygens (including phenoxy) is 1. The Labute approximate surface area is 180 Å². The van der Waals surface area contributed by atoms with Crippen LogP contribution in [0.4, 0.5) is 4.79 Å². The summed E-state index contributed by atoms with van der Waals surface area (Å²) in [5, 5.41) is 2.63. The van der Waals surface area contributed by atoms with Crippen LogP contribution >= 0.6 is 0 Å². The van der Waals surface area contributed by atoms with Crippen molar-refractivity contribution in [2.75, 3.05) is 19.7 Å². The highest BCUT2D eigenvalue weighted by Crippen LogP contribution is 2.28. The number of carbonyl (C=O) groups excluding carboxylic acids is 4. The lowest BCUT2D eigenvalue weighted by Crippen LogP contribution is -2.42. The van der Waals surface area contributed by atoms with Gasteiger partial charge in [-0.3, -0.25) is 19.3 Å². The number of hydrogen-bond donors (Lipinski definition) is 1. The van der Waals surface area contributed by atoms with Crippen molar-refractivity contribution in [1.29, 1.82) is 0 Å². The van der Waals surface area contributed by atoms with Crippen molar-refractivity contribution in [3.8, 4) is 0 Å². The number of nitrogens with zero attached hydrogens (tertiary/aromatic N) is 2. The summed E-state index contributed by atoms with van der Waals surface area (Å²) < 4.78 is 5.05. The van der Waals surface area contributed by atoms with Crippen molar-refractivity contribution in [2.45, 2.75) is 25.9 Å². The van der Waals surface area contributed by atoms with E-state index in [2.05, 4.69) is 5.32 Å². The Balaban J connectivity index is 1.56. The Kier molecular flexibility index (Phi) is 6.69. The number of urea groups is 1. The van der Waals surface area contributed by atoms with Gasteiger partial charge >= 0.3 is 12.0 Å². The van der Waals surface area contributed by atoms with Gasteiger partial charge in [0.15, 0.2) is 6.61 Å². The second-order valence-corrected chi connectivity index (χ2v) is 7.37. The molecule has 0 aromatic heterocycles. The van der Waals surface area contributed by atoms with Crippen LogP contribution < -0.4 is 5.32 Å². The summed E-state index contributed by atoms with van der Waals surface area (Å²) in [4.78, 5) is 52.2. The minimum absolute atomic E-state index is 0.356. The van der Waals surface area contributed by atoms with Crippen LogP contribution in [0.3, 0.4) is 0 Å². The number of amides is 4. The summed E-state index contributed by atoms with van der Waals surface area (Å²) in [5.74, 6) is -1.73. The van der Waals surface area contributed by atoms with E-state index in [1.54, 1.807) is 42.2 Å². The van der Waals surface area contributed by atoms with Gasteiger partial charge in [-0.25, -0.2) is 4.79 Å². The summed E-state index contributed by atoms with van der Waals surface area (Å²) in [5.41, 5.74) is 0.311. The van der Waals surface area contributed by atoms with Crippen LogP contribution in [-0.2, 0) is 31.2 Å². The first-order chi connectivity index (χ1) is 14.8. The fraction of sp³-hybridized carbons (Fsp3) is 0.304. The summed E-state index contributed by atoms with van der Waals surface area (Å²) in [6.07, 6.45) is 0. The van der Waals surface area contributed by atoms with Crippen LogP contribution in [0.25, 0.3) is 0 Å². The highest BCUT2D eigenvalue weighted by molar-refractivity contribution is 6.08. The lowest BCUT2D eigenvalue weighted by atomic mass is 9.92. The van der Waals surface area contributed by atoms with Crippen LogP contribution in [-0.4, -0.2) is 53.3 Å². The fourth-order valence-electron chi connectivity index (χ4n) is 3.40. The van der Waals surface area contributed by atoms with E-state index in [1.807, 2.05) is 37.3 Å². The van der Waals surface area contributed by atoms with Crippen LogP contribution in [0.1, 0.15) is 25.0 Å². The molecule has 1 atom stereocenters. The number of likely N-dealkylation sites (N-methyl/N-ethyl adjacent to an activating group) is 1. The Hall–Kier alpha value is -3.68. The number of benzene rings is 2. The molecule has 2 aromatic rings. The molecule has 1 aliphatic heterocycles. The maximum absolute atomic E-state index is 12.8. The third-order valence-electron chi connectivity index (χ3n) is 5.22. The van der Waals surface area contributed by atoms with Crippen LogP contribution in [0.5, 0.6) is 0 Å².